The summed E-state index contributed by atoms with van der Waals surface area (Å²) in [6, 6.07) is 9.17. The lowest BCUT2D eigenvalue weighted by Crippen LogP contribution is -2.54. The van der Waals surface area contributed by atoms with E-state index >= 15 is 0 Å². The Hall–Kier alpha value is -1.32. The Kier molecular flexibility index (Phi) is 5.03. The number of nitrogens with one attached hydrogen (secondary N) is 1. The Labute approximate surface area is 146 Å². The minimum Gasteiger partial charge on any atom is -0.389 e. The van der Waals surface area contributed by atoms with Gasteiger partial charge in [0.1, 0.15) is 0 Å². The molecule has 0 radical (unpaired) electrons. The molecule has 0 bridgehead atoms. The van der Waals surface area contributed by atoms with Crippen molar-refractivity contribution in [1.82, 2.24) is 9.88 Å². The first-order valence-corrected chi connectivity index (χ1v) is 9.55. The van der Waals surface area contributed by atoms with Gasteiger partial charge in [-0.25, -0.2) is 0 Å². The number of rotatable bonds is 6. The molecule has 0 spiro atoms. The number of fused-ring (bicyclic) bond motifs is 3. The summed E-state index contributed by atoms with van der Waals surface area (Å²) in [5.74, 6) is 0. The van der Waals surface area contributed by atoms with Crippen molar-refractivity contribution < 1.29 is 5.11 Å². The molecule has 24 heavy (non-hydrogen) atoms. The summed E-state index contributed by atoms with van der Waals surface area (Å²) >= 11 is 0. The smallest absolute Gasteiger partial charge is 0.0749 e. The number of hydrogen-bond acceptors (Lipinski definition) is 2. The van der Waals surface area contributed by atoms with Gasteiger partial charge in [-0.05, 0) is 51.3 Å². The second-order valence-corrected chi connectivity index (χ2v) is 7.83. The van der Waals surface area contributed by atoms with Gasteiger partial charge in [-0.1, -0.05) is 44.9 Å². The molecule has 0 saturated carbocycles. The van der Waals surface area contributed by atoms with Crippen LogP contribution < -0.4 is 0 Å². The molecule has 3 rings (SSSR count). The molecule has 0 aliphatic carbocycles. The van der Waals surface area contributed by atoms with Crippen molar-refractivity contribution in [3.8, 4) is 0 Å². The number of H-pyrrole nitrogens is 1. The molecule has 2 atom stereocenters. The topological polar surface area (TPSA) is 39.3 Å². The third-order valence-electron chi connectivity index (χ3n) is 5.53. The lowest BCUT2D eigenvalue weighted by Gasteiger charge is -2.47. The molecule has 2 heterocycles. The molecule has 132 valence electrons. The minimum atomic E-state index is -0.699. The van der Waals surface area contributed by atoms with Crippen LogP contribution >= 0.6 is 0 Å². The van der Waals surface area contributed by atoms with Gasteiger partial charge in [-0.2, -0.15) is 0 Å². The van der Waals surface area contributed by atoms with E-state index in [-0.39, 0.29) is 6.04 Å². The van der Waals surface area contributed by atoms with E-state index in [0.717, 1.165) is 25.8 Å². The Bertz CT molecular complexity index is 683. The third kappa shape index (κ3) is 3.12. The van der Waals surface area contributed by atoms with Gasteiger partial charge in [0.2, 0.25) is 0 Å². The van der Waals surface area contributed by atoms with E-state index < -0.39 is 5.60 Å². The predicted octanol–water partition coefficient (Wildman–Crippen LogP) is 4.81. The second-order valence-electron chi connectivity index (χ2n) is 7.83. The molecular weight excluding hydrogens is 296 g/mol. The van der Waals surface area contributed by atoms with E-state index in [0.29, 0.717) is 6.04 Å². The summed E-state index contributed by atoms with van der Waals surface area (Å²) in [6.07, 6.45) is 5.58. The lowest BCUT2D eigenvalue weighted by molar-refractivity contribution is -0.0462. The number of unbranched alkanes of at least 4 members (excludes halogenated alkanes) is 1. The number of nitrogens with zero attached hydrogens (tertiary/aromatic N) is 1. The first-order valence-electron chi connectivity index (χ1n) is 9.55. The van der Waals surface area contributed by atoms with Crippen molar-refractivity contribution in [3.05, 3.63) is 35.5 Å². The van der Waals surface area contributed by atoms with E-state index in [9.17, 15) is 5.11 Å². The standard InChI is InChI=1S/C21H32N2O/c1-5-7-13-23-18(10-6-2)20-16(14-19(23)21(3,4)24)15-11-8-9-12-17(15)22-20/h8-9,11-12,18-19,22,24H,5-7,10,13-14H2,1-4H3/t18-,19+/m1/s1. The van der Waals surface area contributed by atoms with Crippen LogP contribution in [0.15, 0.2) is 24.3 Å². The van der Waals surface area contributed by atoms with Crippen LogP contribution in [0.4, 0.5) is 0 Å². The summed E-state index contributed by atoms with van der Waals surface area (Å²) in [5, 5.41) is 12.2. The summed E-state index contributed by atoms with van der Waals surface area (Å²) < 4.78 is 0. The summed E-state index contributed by atoms with van der Waals surface area (Å²) in [6.45, 7) is 9.50. The fraction of sp³-hybridized carbons (Fsp3) is 0.619. The first-order chi connectivity index (χ1) is 11.5. The Morgan fingerprint density at radius 1 is 1.21 bits per heavy atom. The zero-order chi connectivity index (χ0) is 17.3. The fourth-order valence-corrected chi connectivity index (χ4v) is 4.31. The normalized spacial score (nSPS) is 22.0. The molecule has 1 aliphatic heterocycles. The highest BCUT2D eigenvalue weighted by Gasteiger charge is 2.42. The monoisotopic (exact) mass is 328 g/mol. The molecular formula is C21H32N2O. The fourth-order valence-electron chi connectivity index (χ4n) is 4.31. The van der Waals surface area contributed by atoms with Crippen LogP contribution in [0, 0.1) is 0 Å². The van der Waals surface area contributed by atoms with Gasteiger partial charge in [0.15, 0.2) is 0 Å². The van der Waals surface area contributed by atoms with Gasteiger partial charge in [0, 0.05) is 22.6 Å². The third-order valence-corrected chi connectivity index (χ3v) is 5.53. The van der Waals surface area contributed by atoms with Gasteiger partial charge in [-0.15, -0.1) is 0 Å². The molecule has 1 aromatic carbocycles. The maximum Gasteiger partial charge on any atom is 0.0749 e. The maximum absolute atomic E-state index is 10.9. The van der Waals surface area contributed by atoms with Crippen LogP contribution in [0.5, 0.6) is 0 Å². The Morgan fingerprint density at radius 3 is 2.62 bits per heavy atom. The van der Waals surface area contributed by atoms with Crippen molar-refractivity contribution in [1.29, 1.82) is 0 Å². The molecule has 1 aromatic heterocycles. The summed E-state index contributed by atoms with van der Waals surface area (Å²) in [7, 11) is 0. The van der Waals surface area contributed by atoms with Crippen LogP contribution in [0.2, 0.25) is 0 Å². The average Bonchev–Trinajstić information content (AvgIpc) is 2.91. The van der Waals surface area contributed by atoms with Gasteiger partial charge < -0.3 is 10.1 Å². The predicted molar refractivity (Wildman–Crippen MR) is 101 cm³/mol. The van der Waals surface area contributed by atoms with Crippen LogP contribution in [0.1, 0.15) is 70.7 Å². The number of aliphatic hydroxyl groups is 1. The van der Waals surface area contributed by atoms with E-state index in [1.54, 1.807) is 0 Å². The highest BCUT2D eigenvalue weighted by molar-refractivity contribution is 5.85. The van der Waals surface area contributed by atoms with Crippen LogP contribution in [0.25, 0.3) is 10.9 Å². The van der Waals surface area contributed by atoms with Crippen LogP contribution in [-0.2, 0) is 6.42 Å². The number of hydrogen-bond donors (Lipinski definition) is 2. The molecule has 0 fully saturated rings. The largest absolute Gasteiger partial charge is 0.389 e. The number of aromatic amines is 1. The highest BCUT2D eigenvalue weighted by atomic mass is 16.3. The summed E-state index contributed by atoms with van der Waals surface area (Å²) in [5.41, 5.74) is 3.34. The molecule has 2 aromatic rings. The number of benzene rings is 1. The van der Waals surface area contributed by atoms with E-state index in [4.69, 9.17) is 0 Å². The zero-order valence-electron chi connectivity index (χ0n) is 15.6. The molecule has 3 nitrogen and oxygen atoms in total. The quantitative estimate of drug-likeness (QED) is 0.799. The summed E-state index contributed by atoms with van der Waals surface area (Å²) in [4.78, 5) is 6.28. The SMILES string of the molecule is CCCCN1[C@H](CCC)c2[nH]c3ccccc3c2C[C@H]1C(C)(C)O. The van der Waals surface area contributed by atoms with Crippen LogP contribution in [0.3, 0.4) is 0 Å². The lowest BCUT2D eigenvalue weighted by atomic mass is 9.82. The zero-order valence-corrected chi connectivity index (χ0v) is 15.6. The van der Waals surface area contributed by atoms with Crippen molar-refractivity contribution >= 4 is 10.9 Å². The molecule has 3 heteroatoms. The number of aromatic nitrogens is 1. The molecule has 2 N–H and O–H groups in total. The van der Waals surface area contributed by atoms with Crippen LogP contribution in [-0.4, -0.2) is 33.2 Å². The van der Waals surface area contributed by atoms with Crippen molar-refractivity contribution in [2.75, 3.05) is 6.54 Å². The molecule has 0 unspecified atom stereocenters. The van der Waals surface area contributed by atoms with Gasteiger partial charge in [0.05, 0.1) is 11.6 Å². The van der Waals surface area contributed by atoms with E-state index in [1.807, 2.05) is 13.8 Å². The molecule has 0 saturated heterocycles. The van der Waals surface area contributed by atoms with Gasteiger partial charge >= 0.3 is 0 Å². The van der Waals surface area contributed by atoms with E-state index in [2.05, 4.69) is 48.0 Å². The Morgan fingerprint density at radius 2 is 1.96 bits per heavy atom. The molecule has 1 aliphatic rings. The van der Waals surface area contributed by atoms with Crippen molar-refractivity contribution in [3.63, 3.8) is 0 Å². The van der Waals surface area contributed by atoms with Gasteiger partial charge in [-0.3, -0.25) is 4.90 Å². The average molecular weight is 329 g/mol. The Balaban J connectivity index is 2.10. The second kappa shape index (κ2) is 6.89. The van der Waals surface area contributed by atoms with Crippen molar-refractivity contribution in [2.24, 2.45) is 0 Å². The van der Waals surface area contributed by atoms with Crippen molar-refractivity contribution in [2.45, 2.75) is 77.5 Å². The molecule has 0 amide bonds. The highest BCUT2D eigenvalue weighted by Crippen LogP contribution is 2.42. The van der Waals surface area contributed by atoms with Gasteiger partial charge in [0.25, 0.3) is 0 Å². The maximum atomic E-state index is 10.9. The number of para-hydroxylation sites is 1. The first kappa shape index (κ1) is 17.5. The minimum absolute atomic E-state index is 0.173. The van der Waals surface area contributed by atoms with E-state index in [1.165, 1.54) is 35.0 Å².